The molecule has 134 valence electrons. The molecule has 0 aliphatic carbocycles. The van der Waals surface area contributed by atoms with Gasteiger partial charge in [-0.25, -0.2) is 4.98 Å². The zero-order chi connectivity index (χ0) is 18.7. The molecule has 0 fully saturated rings. The molecule has 1 aromatic heterocycles. The summed E-state index contributed by atoms with van der Waals surface area (Å²) >= 11 is 6.47. The number of thiazole rings is 1. The van der Waals surface area contributed by atoms with Crippen molar-refractivity contribution < 1.29 is 4.79 Å². The van der Waals surface area contributed by atoms with E-state index >= 15 is 0 Å². The summed E-state index contributed by atoms with van der Waals surface area (Å²) in [6, 6.07) is 12.2. The van der Waals surface area contributed by atoms with E-state index in [0.717, 1.165) is 36.9 Å². The molecular formula is C20H19BrN2OS2. The predicted molar refractivity (Wildman–Crippen MR) is 115 cm³/mol. The van der Waals surface area contributed by atoms with Gasteiger partial charge in [0.05, 0.1) is 11.4 Å². The molecule has 0 saturated carbocycles. The van der Waals surface area contributed by atoms with Gasteiger partial charge in [0.25, 0.3) is 0 Å². The summed E-state index contributed by atoms with van der Waals surface area (Å²) in [5.74, 6) is 0.338. The molecule has 1 amide bonds. The van der Waals surface area contributed by atoms with Crippen LogP contribution in [0.5, 0.6) is 0 Å². The second-order valence-electron chi connectivity index (χ2n) is 6.12. The standard InChI is InChI=1S/C20H19BrN2OS2/c1-12-8-13(2)19(14(3)9-12)23-18(24)11-26-20-22-17(10-25-20)15-4-6-16(21)7-5-15/h4-10H,11H2,1-3H3,(H,23,24). The fourth-order valence-corrected chi connectivity index (χ4v) is 4.66. The van der Waals surface area contributed by atoms with E-state index in [1.165, 1.54) is 17.3 Å². The second kappa shape index (κ2) is 8.37. The van der Waals surface area contributed by atoms with Gasteiger partial charge in [-0.3, -0.25) is 4.79 Å². The maximum Gasteiger partial charge on any atom is 0.234 e. The van der Waals surface area contributed by atoms with Crippen molar-refractivity contribution in [1.82, 2.24) is 4.98 Å². The molecule has 0 atom stereocenters. The predicted octanol–water partition coefficient (Wildman–Crippen LogP) is 6.23. The summed E-state index contributed by atoms with van der Waals surface area (Å²) in [5.41, 5.74) is 6.31. The van der Waals surface area contributed by atoms with Crippen LogP contribution >= 0.6 is 39.0 Å². The number of halogens is 1. The lowest BCUT2D eigenvalue weighted by Gasteiger charge is -2.12. The van der Waals surface area contributed by atoms with Crippen molar-refractivity contribution in [3.8, 4) is 11.3 Å². The number of amides is 1. The monoisotopic (exact) mass is 446 g/mol. The highest BCUT2D eigenvalue weighted by Crippen LogP contribution is 2.29. The minimum absolute atomic E-state index is 0.00885. The van der Waals surface area contributed by atoms with Crippen molar-refractivity contribution in [2.75, 3.05) is 11.1 Å². The van der Waals surface area contributed by atoms with E-state index in [4.69, 9.17) is 0 Å². The maximum absolute atomic E-state index is 12.3. The van der Waals surface area contributed by atoms with Gasteiger partial charge in [-0.15, -0.1) is 11.3 Å². The number of thioether (sulfide) groups is 1. The first-order chi connectivity index (χ1) is 12.4. The molecular weight excluding hydrogens is 428 g/mol. The summed E-state index contributed by atoms with van der Waals surface area (Å²) in [7, 11) is 0. The third-order valence-electron chi connectivity index (χ3n) is 3.89. The van der Waals surface area contributed by atoms with Gasteiger partial charge in [-0.2, -0.15) is 0 Å². The van der Waals surface area contributed by atoms with Crippen molar-refractivity contribution in [2.45, 2.75) is 25.1 Å². The van der Waals surface area contributed by atoms with Crippen LogP contribution in [0.3, 0.4) is 0 Å². The van der Waals surface area contributed by atoms with Gasteiger partial charge >= 0.3 is 0 Å². The second-order valence-corrected chi connectivity index (χ2v) is 9.11. The number of hydrogen-bond donors (Lipinski definition) is 1. The zero-order valence-electron chi connectivity index (χ0n) is 14.8. The molecule has 0 radical (unpaired) electrons. The number of nitrogens with one attached hydrogen (secondary N) is 1. The van der Waals surface area contributed by atoms with Crippen molar-refractivity contribution in [1.29, 1.82) is 0 Å². The fourth-order valence-electron chi connectivity index (χ4n) is 2.76. The average molecular weight is 447 g/mol. The summed E-state index contributed by atoms with van der Waals surface area (Å²) in [6.45, 7) is 6.11. The number of benzene rings is 2. The molecule has 0 aliphatic heterocycles. The smallest absolute Gasteiger partial charge is 0.234 e. The van der Waals surface area contributed by atoms with E-state index in [9.17, 15) is 4.79 Å². The Hall–Kier alpha value is -1.63. The minimum Gasteiger partial charge on any atom is -0.325 e. The number of aromatic nitrogens is 1. The zero-order valence-corrected chi connectivity index (χ0v) is 18.0. The molecule has 6 heteroatoms. The molecule has 0 spiro atoms. The molecule has 3 rings (SSSR count). The Morgan fingerprint density at radius 2 is 1.81 bits per heavy atom. The van der Waals surface area contributed by atoms with E-state index in [-0.39, 0.29) is 5.91 Å². The van der Waals surface area contributed by atoms with E-state index in [1.807, 2.05) is 43.5 Å². The van der Waals surface area contributed by atoms with Crippen LogP contribution in [0.15, 0.2) is 50.6 Å². The number of hydrogen-bond acceptors (Lipinski definition) is 4. The highest BCUT2D eigenvalue weighted by Gasteiger charge is 2.11. The number of aryl methyl sites for hydroxylation is 3. The number of nitrogens with zero attached hydrogens (tertiary/aromatic N) is 1. The Morgan fingerprint density at radius 1 is 1.15 bits per heavy atom. The highest BCUT2D eigenvalue weighted by molar-refractivity contribution is 9.10. The van der Waals surface area contributed by atoms with Crippen molar-refractivity contribution in [3.05, 3.63) is 62.9 Å². The highest BCUT2D eigenvalue weighted by atomic mass is 79.9. The lowest BCUT2D eigenvalue weighted by molar-refractivity contribution is -0.113. The molecule has 3 nitrogen and oxygen atoms in total. The number of anilines is 1. The van der Waals surface area contributed by atoms with Crippen molar-refractivity contribution in [2.24, 2.45) is 0 Å². The molecule has 3 aromatic rings. The average Bonchev–Trinajstić information content (AvgIpc) is 3.06. The van der Waals surface area contributed by atoms with Crippen LogP contribution in [-0.4, -0.2) is 16.6 Å². The van der Waals surface area contributed by atoms with Crippen LogP contribution in [0.1, 0.15) is 16.7 Å². The fraction of sp³-hybridized carbons (Fsp3) is 0.200. The first-order valence-electron chi connectivity index (χ1n) is 8.14. The van der Waals surface area contributed by atoms with E-state index < -0.39 is 0 Å². The lowest BCUT2D eigenvalue weighted by atomic mass is 10.1. The first-order valence-corrected chi connectivity index (χ1v) is 10.8. The van der Waals surface area contributed by atoms with Gasteiger partial charge in [-0.1, -0.05) is 57.5 Å². The Kier molecular flexibility index (Phi) is 6.16. The Bertz CT molecular complexity index is 912. The van der Waals surface area contributed by atoms with Crippen LogP contribution < -0.4 is 5.32 Å². The number of rotatable bonds is 5. The lowest BCUT2D eigenvalue weighted by Crippen LogP contribution is -2.15. The van der Waals surface area contributed by atoms with Gasteiger partial charge in [0.2, 0.25) is 5.91 Å². The van der Waals surface area contributed by atoms with Crippen LogP contribution in [0.4, 0.5) is 5.69 Å². The Labute approximate surface area is 170 Å². The van der Waals surface area contributed by atoms with Crippen molar-refractivity contribution >= 4 is 50.6 Å². The topological polar surface area (TPSA) is 42.0 Å². The van der Waals surface area contributed by atoms with Gasteiger partial charge < -0.3 is 5.32 Å². The summed E-state index contributed by atoms with van der Waals surface area (Å²) in [6.07, 6.45) is 0. The molecule has 1 heterocycles. The third-order valence-corrected chi connectivity index (χ3v) is 6.44. The van der Waals surface area contributed by atoms with Crippen LogP contribution in [0, 0.1) is 20.8 Å². The van der Waals surface area contributed by atoms with E-state index in [2.05, 4.69) is 45.3 Å². The van der Waals surface area contributed by atoms with E-state index in [0.29, 0.717) is 5.75 Å². The summed E-state index contributed by atoms with van der Waals surface area (Å²) in [4.78, 5) is 17.0. The SMILES string of the molecule is Cc1cc(C)c(NC(=O)CSc2nc(-c3ccc(Br)cc3)cs2)c(C)c1. The van der Waals surface area contributed by atoms with Crippen LogP contribution in [0.2, 0.25) is 0 Å². The van der Waals surface area contributed by atoms with Crippen LogP contribution in [0.25, 0.3) is 11.3 Å². The Morgan fingerprint density at radius 3 is 2.46 bits per heavy atom. The first kappa shape index (κ1) is 19.1. The van der Waals surface area contributed by atoms with E-state index in [1.54, 1.807) is 11.3 Å². The summed E-state index contributed by atoms with van der Waals surface area (Å²) < 4.78 is 1.94. The summed E-state index contributed by atoms with van der Waals surface area (Å²) in [5, 5.41) is 5.06. The van der Waals surface area contributed by atoms with Crippen molar-refractivity contribution in [3.63, 3.8) is 0 Å². The molecule has 0 unspecified atom stereocenters. The third kappa shape index (κ3) is 4.75. The molecule has 0 aliphatic rings. The Balaban J connectivity index is 1.61. The quantitative estimate of drug-likeness (QED) is 0.472. The molecule has 0 bridgehead atoms. The van der Waals surface area contributed by atoms with Gasteiger partial charge in [0.15, 0.2) is 4.34 Å². The van der Waals surface area contributed by atoms with Crippen LogP contribution in [-0.2, 0) is 4.79 Å². The number of carbonyl (C=O) groups is 1. The minimum atomic E-state index is -0.00885. The molecule has 2 aromatic carbocycles. The number of carbonyl (C=O) groups excluding carboxylic acids is 1. The van der Waals surface area contributed by atoms with Gasteiger partial charge in [-0.05, 0) is 44.0 Å². The van der Waals surface area contributed by atoms with Gasteiger partial charge in [0.1, 0.15) is 0 Å². The normalized spacial score (nSPS) is 10.8. The maximum atomic E-state index is 12.3. The molecule has 0 saturated heterocycles. The largest absolute Gasteiger partial charge is 0.325 e. The molecule has 26 heavy (non-hydrogen) atoms. The van der Waals surface area contributed by atoms with Gasteiger partial charge in [0, 0.05) is 21.1 Å². The molecule has 1 N–H and O–H groups in total.